The molecule has 0 saturated heterocycles. The summed E-state index contributed by atoms with van der Waals surface area (Å²) in [5.41, 5.74) is 11.8. The van der Waals surface area contributed by atoms with Crippen molar-refractivity contribution >= 4 is 0 Å². The molecular formula is C51H29N5. The third-order valence-electron chi connectivity index (χ3n) is 8.43. The van der Waals surface area contributed by atoms with Gasteiger partial charge in [-0.25, -0.2) is 4.98 Å². The van der Waals surface area contributed by atoms with E-state index in [-0.39, 0.29) is 0 Å². The van der Waals surface area contributed by atoms with E-state index in [0.29, 0.717) is 0 Å². The van der Waals surface area contributed by atoms with Crippen LogP contribution >= 0.6 is 0 Å². The maximum Gasteiger partial charge on any atom is 0.0906 e. The molecule has 0 unspecified atom stereocenters. The predicted molar refractivity (Wildman–Crippen MR) is 221 cm³/mol. The first kappa shape index (κ1) is 34.7. The van der Waals surface area contributed by atoms with Crippen LogP contribution in [0.5, 0.6) is 0 Å². The van der Waals surface area contributed by atoms with E-state index in [1.807, 2.05) is 152 Å². The van der Waals surface area contributed by atoms with Gasteiger partial charge < -0.3 is 0 Å². The first-order valence-electron chi connectivity index (χ1n) is 17.8. The highest BCUT2D eigenvalue weighted by Crippen LogP contribution is 2.22. The Morgan fingerprint density at radius 2 is 0.536 bits per heavy atom. The summed E-state index contributed by atoms with van der Waals surface area (Å²) in [4.78, 5) is 22.6. The zero-order valence-corrected chi connectivity index (χ0v) is 30.0. The summed E-state index contributed by atoms with van der Waals surface area (Å²) in [5, 5.41) is 0. The molecule has 0 fully saturated rings. The highest BCUT2D eigenvalue weighted by atomic mass is 14.8. The smallest absolute Gasteiger partial charge is 0.0906 e. The predicted octanol–water partition coefficient (Wildman–Crippen LogP) is 9.26. The Balaban J connectivity index is 0.896. The largest absolute Gasteiger partial charge is 0.255 e. The maximum absolute atomic E-state index is 4.81. The molecule has 0 saturated carbocycles. The van der Waals surface area contributed by atoms with Crippen LogP contribution in [0.4, 0.5) is 0 Å². The lowest BCUT2D eigenvalue weighted by atomic mass is 10.1. The fourth-order valence-corrected chi connectivity index (χ4v) is 5.54. The number of rotatable bonds is 3. The van der Waals surface area contributed by atoms with Crippen molar-refractivity contribution < 1.29 is 0 Å². The van der Waals surface area contributed by atoms with Gasteiger partial charge in [0.1, 0.15) is 0 Å². The molecule has 0 N–H and O–H groups in total. The van der Waals surface area contributed by atoms with Crippen LogP contribution in [-0.4, -0.2) is 24.9 Å². The van der Waals surface area contributed by atoms with Crippen molar-refractivity contribution in [3.8, 4) is 81.5 Å². The Morgan fingerprint density at radius 1 is 0.232 bits per heavy atom. The molecule has 0 bridgehead atoms. The van der Waals surface area contributed by atoms with Crippen molar-refractivity contribution in [2.45, 2.75) is 0 Å². The monoisotopic (exact) mass is 711 g/mol. The Morgan fingerprint density at radius 3 is 0.893 bits per heavy atom. The summed E-state index contributed by atoms with van der Waals surface area (Å²) in [6, 6.07) is 48.9. The summed E-state index contributed by atoms with van der Waals surface area (Å²) < 4.78 is 0. The van der Waals surface area contributed by atoms with E-state index in [1.54, 1.807) is 24.8 Å². The normalized spacial score (nSPS) is 9.93. The lowest BCUT2D eigenvalue weighted by molar-refractivity contribution is 1.21. The highest BCUT2D eigenvalue weighted by molar-refractivity contribution is 5.66. The molecule has 5 aromatic heterocycles. The second kappa shape index (κ2) is 17.0. The minimum Gasteiger partial charge on any atom is -0.255 e. The van der Waals surface area contributed by atoms with Gasteiger partial charge in [-0.2, -0.15) is 0 Å². The van der Waals surface area contributed by atoms with Crippen molar-refractivity contribution in [1.82, 2.24) is 24.9 Å². The molecule has 0 atom stereocenters. The van der Waals surface area contributed by atoms with Crippen LogP contribution in [0, 0.1) is 47.4 Å². The van der Waals surface area contributed by atoms with Crippen molar-refractivity contribution in [1.29, 1.82) is 0 Å². The quantitative estimate of drug-likeness (QED) is 0.171. The second-order valence-corrected chi connectivity index (χ2v) is 12.4. The number of benzene rings is 3. The molecule has 8 aromatic rings. The van der Waals surface area contributed by atoms with Crippen LogP contribution in [0.2, 0.25) is 0 Å². The van der Waals surface area contributed by atoms with E-state index in [0.717, 1.165) is 78.7 Å². The van der Waals surface area contributed by atoms with Gasteiger partial charge >= 0.3 is 0 Å². The maximum atomic E-state index is 4.81. The van der Waals surface area contributed by atoms with Crippen LogP contribution in [0.1, 0.15) is 44.5 Å². The van der Waals surface area contributed by atoms with E-state index >= 15 is 0 Å². The number of nitrogens with zero attached hydrogens (tertiary/aromatic N) is 5. The van der Waals surface area contributed by atoms with Crippen molar-refractivity contribution in [2.24, 2.45) is 0 Å². The minimum absolute atomic E-state index is 0.745. The third-order valence-corrected chi connectivity index (χ3v) is 8.43. The SMILES string of the molecule is C(#Cc1ccc(C#Cc2ccnc(-c3ccccn3)c2)cc1)c1ccc(C#Cc2ccc(C#Cc3cc(-c4ccccn4)nc(-c4ccccn4)c3)cc2)cc1. The number of aromatic nitrogens is 5. The second-order valence-electron chi connectivity index (χ2n) is 12.4. The standard InChI is InChI=1S/C51H29N5/c1-4-31-52-46(7-1)49-35-44(30-34-55-49)28-26-42-22-18-40(19-23-42)16-14-38-10-12-39(13-11-38)15-17-41-20-24-43(25-21-41)27-29-45-36-50(47-8-2-5-32-53-47)56-51(37-45)48-9-3-6-33-54-48/h1-13,18-25,30-37H. The van der Waals surface area contributed by atoms with Gasteiger partial charge in [0.15, 0.2) is 0 Å². The van der Waals surface area contributed by atoms with Crippen molar-refractivity contribution in [3.05, 3.63) is 221 Å². The lowest BCUT2D eigenvalue weighted by Gasteiger charge is -2.05. The Bertz CT molecular complexity index is 2820. The molecule has 0 amide bonds. The number of pyridine rings is 5. The molecule has 5 heteroatoms. The fraction of sp³-hybridized carbons (Fsp3) is 0. The van der Waals surface area contributed by atoms with E-state index in [1.165, 1.54) is 0 Å². The third kappa shape index (κ3) is 9.16. The van der Waals surface area contributed by atoms with Crippen LogP contribution in [-0.2, 0) is 0 Å². The summed E-state index contributed by atoms with van der Waals surface area (Å²) in [6.45, 7) is 0. The Kier molecular flexibility index (Phi) is 10.5. The van der Waals surface area contributed by atoms with Gasteiger partial charge in [-0.15, -0.1) is 0 Å². The van der Waals surface area contributed by atoms with Crippen molar-refractivity contribution in [2.75, 3.05) is 0 Å². The first-order chi connectivity index (χ1) is 27.7. The van der Waals surface area contributed by atoms with Gasteiger partial charge in [-0.3, -0.25) is 19.9 Å². The summed E-state index contributed by atoms with van der Waals surface area (Å²) in [5.74, 6) is 26.0. The molecule has 56 heavy (non-hydrogen) atoms. The first-order valence-corrected chi connectivity index (χ1v) is 17.8. The molecular weight excluding hydrogens is 683 g/mol. The van der Waals surface area contributed by atoms with E-state index in [9.17, 15) is 0 Å². The van der Waals surface area contributed by atoms with E-state index < -0.39 is 0 Å². The number of hydrogen-bond donors (Lipinski definition) is 0. The molecule has 5 heterocycles. The molecule has 5 nitrogen and oxygen atoms in total. The van der Waals surface area contributed by atoms with Crippen LogP contribution in [0.3, 0.4) is 0 Å². The van der Waals surface area contributed by atoms with Gasteiger partial charge in [0, 0.05) is 69.3 Å². The van der Waals surface area contributed by atoms with E-state index in [2.05, 4.69) is 67.3 Å². The molecule has 0 aliphatic rings. The zero-order valence-electron chi connectivity index (χ0n) is 30.0. The topological polar surface area (TPSA) is 64.5 Å². The molecule has 0 aliphatic carbocycles. The molecule has 3 aromatic carbocycles. The Hall–Kier alpha value is -8.35. The fourth-order valence-electron chi connectivity index (χ4n) is 5.54. The van der Waals surface area contributed by atoms with E-state index in [4.69, 9.17) is 4.98 Å². The van der Waals surface area contributed by atoms with Crippen LogP contribution < -0.4 is 0 Å². The van der Waals surface area contributed by atoms with Gasteiger partial charge in [0.25, 0.3) is 0 Å². The zero-order chi connectivity index (χ0) is 37.8. The Labute approximate surface area is 326 Å². The van der Waals surface area contributed by atoms with Gasteiger partial charge in [0.05, 0.1) is 34.2 Å². The summed E-state index contributed by atoms with van der Waals surface area (Å²) in [6.07, 6.45) is 7.03. The van der Waals surface area contributed by atoms with Crippen LogP contribution in [0.15, 0.2) is 176 Å². The van der Waals surface area contributed by atoms with Gasteiger partial charge in [-0.05, 0) is 133 Å². The number of hydrogen-bond acceptors (Lipinski definition) is 5. The molecule has 258 valence electrons. The average molecular weight is 712 g/mol. The summed E-state index contributed by atoms with van der Waals surface area (Å²) >= 11 is 0. The lowest BCUT2D eigenvalue weighted by Crippen LogP contribution is -1.93. The summed E-state index contributed by atoms with van der Waals surface area (Å²) in [7, 11) is 0. The van der Waals surface area contributed by atoms with Gasteiger partial charge in [-0.1, -0.05) is 65.6 Å². The molecule has 0 aliphatic heterocycles. The van der Waals surface area contributed by atoms with Crippen molar-refractivity contribution in [3.63, 3.8) is 0 Å². The molecule has 0 radical (unpaired) electrons. The molecule has 0 spiro atoms. The van der Waals surface area contributed by atoms with Crippen LogP contribution in [0.25, 0.3) is 34.2 Å². The highest BCUT2D eigenvalue weighted by Gasteiger charge is 2.08. The molecule has 8 rings (SSSR count). The minimum atomic E-state index is 0.745. The average Bonchev–Trinajstić information content (AvgIpc) is 3.28. The van der Waals surface area contributed by atoms with Gasteiger partial charge in [0.2, 0.25) is 0 Å².